The maximum atomic E-state index is 13.5. The Balaban J connectivity index is 0.00000264. The summed E-state index contributed by atoms with van der Waals surface area (Å²) in [5, 5.41) is 9.75. The Morgan fingerprint density at radius 1 is 1.30 bits per heavy atom. The normalized spacial score (nSPS) is 11.0. The average molecular weight is 437 g/mol. The van der Waals surface area contributed by atoms with Gasteiger partial charge in [-0.2, -0.15) is 4.98 Å². The maximum absolute atomic E-state index is 13.5. The van der Waals surface area contributed by atoms with Crippen molar-refractivity contribution in [2.24, 2.45) is 4.99 Å². The quantitative estimate of drug-likeness (QED) is 0.426. The van der Waals surface area contributed by atoms with Gasteiger partial charge in [0.1, 0.15) is 11.6 Å². The molecule has 0 saturated heterocycles. The number of aromatic nitrogens is 2. The number of rotatable bonds is 5. The topological polar surface area (TPSA) is 75.3 Å². The Hall–Kier alpha value is -1.78. The third-order valence-corrected chi connectivity index (χ3v) is 2.90. The smallest absolute Gasteiger partial charge is 0.223 e. The Kier molecular flexibility index (Phi) is 7.86. The number of aliphatic imine (C=N–C) groups is 1. The van der Waals surface area contributed by atoms with Crippen LogP contribution in [0.1, 0.15) is 17.3 Å². The summed E-state index contributed by atoms with van der Waals surface area (Å²) in [7, 11) is 1.61. The van der Waals surface area contributed by atoms with Crippen molar-refractivity contribution in [1.29, 1.82) is 0 Å². The van der Waals surface area contributed by atoms with Gasteiger partial charge in [0.05, 0.1) is 6.54 Å². The lowest BCUT2D eigenvalue weighted by Crippen LogP contribution is -2.38. The molecular weight excluding hydrogens is 419 g/mol. The van der Waals surface area contributed by atoms with E-state index in [1.807, 2.05) is 0 Å². The minimum Gasteiger partial charge on any atom is -0.356 e. The molecule has 0 unspecified atom stereocenters. The Morgan fingerprint density at radius 2 is 2.09 bits per heavy atom. The third-order valence-electron chi connectivity index (χ3n) is 2.90. The molecule has 0 bridgehead atoms. The van der Waals surface area contributed by atoms with E-state index in [0.717, 1.165) is 12.1 Å². The number of nitrogens with zero attached hydrogens (tertiary/aromatic N) is 3. The molecule has 0 atom stereocenters. The number of guanidine groups is 1. The van der Waals surface area contributed by atoms with E-state index in [-0.39, 0.29) is 24.0 Å². The molecule has 0 aliphatic heterocycles. The molecule has 1 aromatic heterocycles. The van der Waals surface area contributed by atoms with Gasteiger partial charge in [0, 0.05) is 20.5 Å². The van der Waals surface area contributed by atoms with Gasteiger partial charge in [-0.15, -0.1) is 24.0 Å². The van der Waals surface area contributed by atoms with Crippen molar-refractivity contribution in [2.45, 2.75) is 19.9 Å². The van der Waals surface area contributed by atoms with Gasteiger partial charge in [-0.1, -0.05) is 5.16 Å². The van der Waals surface area contributed by atoms with Crippen molar-refractivity contribution in [3.63, 3.8) is 0 Å². The standard InChI is InChI=1S/C14H17F2N5O.HI/c1-9-20-13(21-22-9)8-19-14(17-2)18-6-5-10-7-11(15)3-4-12(10)16;/h3-4,7H,5-6,8H2,1-2H3,(H2,17,18,19);1H. The van der Waals surface area contributed by atoms with E-state index in [1.54, 1.807) is 14.0 Å². The first-order valence-corrected chi connectivity index (χ1v) is 6.76. The van der Waals surface area contributed by atoms with Crippen molar-refractivity contribution in [2.75, 3.05) is 13.6 Å². The molecule has 2 aromatic rings. The van der Waals surface area contributed by atoms with Crippen LogP contribution in [0.2, 0.25) is 0 Å². The van der Waals surface area contributed by atoms with Crippen LogP contribution in [0.25, 0.3) is 0 Å². The van der Waals surface area contributed by atoms with Crippen LogP contribution >= 0.6 is 24.0 Å². The van der Waals surface area contributed by atoms with Gasteiger partial charge in [-0.05, 0) is 30.2 Å². The molecule has 2 N–H and O–H groups in total. The molecule has 23 heavy (non-hydrogen) atoms. The predicted octanol–water partition coefficient (Wildman–Crippen LogP) is 2.18. The number of benzene rings is 1. The molecule has 0 spiro atoms. The molecule has 0 amide bonds. The van der Waals surface area contributed by atoms with Crippen LogP contribution in [0.15, 0.2) is 27.7 Å². The zero-order valence-electron chi connectivity index (χ0n) is 12.8. The lowest BCUT2D eigenvalue weighted by Gasteiger charge is -2.10. The van der Waals surface area contributed by atoms with Crippen molar-refractivity contribution >= 4 is 29.9 Å². The van der Waals surface area contributed by atoms with Crippen LogP contribution in [0.3, 0.4) is 0 Å². The number of halogens is 3. The van der Waals surface area contributed by atoms with E-state index in [9.17, 15) is 8.78 Å². The largest absolute Gasteiger partial charge is 0.356 e. The van der Waals surface area contributed by atoms with Crippen LogP contribution in [0.4, 0.5) is 8.78 Å². The van der Waals surface area contributed by atoms with Gasteiger partial charge in [0.25, 0.3) is 0 Å². The van der Waals surface area contributed by atoms with Gasteiger partial charge in [-0.3, -0.25) is 4.99 Å². The molecular formula is C14H18F2IN5O. The number of hydrogen-bond acceptors (Lipinski definition) is 4. The molecule has 1 aromatic carbocycles. The van der Waals surface area contributed by atoms with Crippen molar-refractivity contribution in [3.8, 4) is 0 Å². The van der Waals surface area contributed by atoms with Gasteiger partial charge < -0.3 is 15.2 Å². The average Bonchev–Trinajstić information content (AvgIpc) is 2.91. The van der Waals surface area contributed by atoms with Gasteiger partial charge in [-0.25, -0.2) is 8.78 Å². The molecule has 6 nitrogen and oxygen atoms in total. The molecule has 126 valence electrons. The van der Waals surface area contributed by atoms with E-state index < -0.39 is 11.6 Å². The highest BCUT2D eigenvalue weighted by Gasteiger charge is 2.06. The summed E-state index contributed by atoms with van der Waals surface area (Å²) in [5.41, 5.74) is 0.316. The highest BCUT2D eigenvalue weighted by Crippen LogP contribution is 2.09. The lowest BCUT2D eigenvalue weighted by atomic mass is 10.1. The van der Waals surface area contributed by atoms with Gasteiger partial charge in [0.2, 0.25) is 5.89 Å². The van der Waals surface area contributed by atoms with E-state index in [1.165, 1.54) is 6.07 Å². The van der Waals surface area contributed by atoms with Crippen LogP contribution < -0.4 is 10.6 Å². The monoisotopic (exact) mass is 437 g/mol. The minimum absolute atomic E-state index is 0. The molecule has 2 rings (SSSR count). The highest BCUT2D eigenvalue weighted by atomic mass is 127. The summed E-state index contributed by atoms with van der Waals surface area (Å²) in [6.45, 7) is 2.47. The van der Waals surface area contributed by atoms with Gasteiger partial charge >= 0.3 is 0 Å². The van der Waals surface area contributed by atoms with Crippen LogP contribution in [-0.4, -0.2) is 29.7 Å². The first-order chi connectivity index (χ1) is 10.6. The molecule has 0 fully saturated rings. The zero-order valence-corrected chi connectivity index (χ0v) is 15.1. The van der Waals surface area contributed by atoms with Crippen LogP contribution in [0.5, 0.6) is 0 Å². The molecule has 0 aliphatic carbocycles. The fourth-order valence-corrected chi connectivity index (χ4v) is 1.85. The fraction of sp³-hybridized carbons (Fsp3) is 0.357. The summed E-state index contributed by atoms with van der Waals surface area (Å²) < 4.78 is 31.4. The van der Waals surface area contributed by atoms with Crippen LogP contribution in [-0.2, 0) is 13.0 Å². The van der Waals surface area contributed by atoms with E-state index in [2.05, 4.69) is 25.8 Å². The summed E-state index contributed by atoms with van der Waals surface area (Å²) in [5.74, 6) is 0.636. The molecule has 0 saturated carbocycles. The van der Waals surface area contributed by atoms with Gasteiger partial charge in [0.15, 0.2) is 11.8 Å². The molecule has 1 heterocycles. The number of aryl methyl sites for hydroxylation is 1. The number of hydrogen-bond donors (Lipinski definition) is 2. The first-order valence-electron chi connectivity index (χ1n) is 6.76. The highest BCUT2D eigenvalue weighted by molar-refractivity contribution is 14.0. The second-order valence-corrected chi connectivity index (χ2v) is 4.57. The third kappa shape index (κ3) is 6.08. The van der Waals surface area contributed by atoms with E-state index >= 15 is 0 Å². The first kappa shape index (κ1) is 19.3. The van der Waals surface area contributed by atoms with Crippen LogP contribution in [0, 0.1) is 18.6 Å². The zero-order chi connectivity index (χ0) is 15.9. The summed E-state index contributed by atoms with van der Waals surface area (Å²) in [6.07, 6.45) is 0.339. The second-order valence-electron chi connectivity index (χ2n) is 4.57. The van der Waals surface area contributed by atoms with E-state index in [0.29, 0.717) is 42.7 Å². The maximum Gasteiger partial charge on any atom is 0.223 e. The molecule has 0 aliphatic rings. The Morgan fingerprint density at radius 3 is 2.74 bits per heavy atom. The Labute approximate surface area is 149 Å². The fourth-order valence-electron chi connectivity index (χ4n) is 1.85. The predicted molar refractivity (Wildman–Crippen MR) is 92.7 cm³/mol. The second kappa shape index (κ2) is 9.38. The van der Waals surface area contributed by atoms with Crippen molar-refractivity contribution in [1.82, 2.24) is 20.8 Å². The Bertz CT molecular complexity index is 662. The summed E-state index contributed by atoms with van der Waals surface area (Å²) >= 11 is 0. The van der Waals surface area contributed by atoms with Crippen molar-refractivity contribution in [3.05, 3.63) is 47.1 Å². The molecule has 9 heteroatoms. The lowest BCUT2D eigenvalue weighted by molar-refractivity contribution is 0.387. The van der Waals surface area contributed by atoms with E-state index in [4.69, 9.17) is 4.52 Å². The molecule has 0 radical (unpaired) electrons. The summed E-state index contributed by atoms with van der Waals surface area (Å²) in [4.78, 5) is 8.07. The van der Waals surface area contributed by atoms with Crippen molar-refractivity contribution < 1.29 is 13.3 Å². The number of nitrogens with one attached hydrogen (secondary N) is 2. The minimum atomic E-state index is -0.452. The summed E-state index contributed by atoms with van der Waals surface area (Å²) in [6, 6.07) is 3.41. The SMILES string of the molecule is CN=C(NCCc1cc(F)ccc1F)NCc1noc(C)n1.I.